The van der Waals surface area contributed by atoms with Crippen molar-refractivity contribution in [3.63, 3.8) is 0 Å². The van der Waals surface area contributed by atoms with Crippen molar-refractivity contribution in [1.29, 1.82) is 0 Å². The van der Waals surface area contributed by atoms with Gasteiger partial charge >= 0.3 is 0 Å². The smallest absolute Gasteiger partial charge is 0.233 e. The lowest BCUT2D eigenvalue weighted by Gasteiger charge is -2.37. The van der Waals surface area contributed by atoms with Crippen molar-refractivity contribution in [2.75, 3.05) is 33.4 Å². The van der Waals surface area contributed by atoms with E-state index in [9.17, 15) is 4.79 Å². The van der Waals surface area contributed by atoms with Crippen LogP contribution in [-0.2, 0) is 20.7 Å². The molecular weight excluding hydrogens is 298 g/mol. The molecule has 0 bridgehead atoms. The first-order chi connectivity index (χ1) is 11.3. The molecule has 1 saturated heterocycles. The molecule has 1 aliphatic heterocycles. The summed E-state index contributed by atoms with van der Waals surface area (Å²) in [6, 6.07) is 0. The number of amides is 1. The molecular formula is C16H25N3O4. The van der Waals surface area contributed by atoms with Gasteiger partial charge in [-0.05, 0) is 12.8 Å². The molecule has 0 unspecified atom stereocenters. The number of aromatic nitrogens is 2. The number of hydrogen-bond donors (Lipinski definition) is 0. The minimum Gasteiger partial charge on any atom is -0.384 e. The molecule has 1 aromatic heterocycles. The fourth-order valence-electron chi connectivity index (χ4n) is 3.09. The number of nitrogens with zero attached hydrogens (tertiary/aromatic N) is 3. The van der Waals surface area contributed by atoms with Crippen molar-refractivity contribution in [2.45, 2.75) is 50.5 Å². The largest absolute Gasteiger partial charge is 0.384 e. The number of ether oxygens (including phenoxy) is 2. The SMILES string of the molecule is COCCC(=O)N1CC(c2nc(CCOC3CCCC3)no2)C1. The molecule has 1 saturated carbocycles. The fraction of sp³-hybridized carbons (Fsp3) is 0.812. The number of rotatable bonds is 8. The highest BCUT2D eigenvalue weighted by molar-refractivity contribution is 5.77. The highest BCUT2D eigenvalue weighted by Crippen LogP contribution is 2.26. The zero-order chi connectivity index (χ0) is 16.1. The minimum atomic E-state index is 0.118. The molecule has 2 heterocycles. The molecule has 7 nitrogen and oxygen atoms in total. The molecule has 0 atom stereocenters. The monoisotopic (exact) mass is 323 g/mol. The Hall–Kier alpha value is -1.47. The molecule has 23 heavy (non-hydrogen) atoms. The standard InChI is InChI=1S/C16H25N3O4/c1-21-8-7-15(20)19-10-12(11-19)16-17-14(18-23-16)6-9-22-13-4-2-3-5-13/h12-13H,2-11H2,1H3. The molecule has 128 valence electrons. The predicted molar refractivity (Wildman–Crippen MR) is 82.0 cm³/mol. The number of likely N-dealkylation sites (tertiary alicyclic amines) is 1. The lowest BCUT2D eigenvalue weighted by atomic mass is 10.00. The van der Waals surface area contributed by atoms with Crippen molar-refractivity contribution in [3.8, 4) is 0 Å². The van der Waals surface area contributed by atoms with Gasteiger partial charge in [0, 0.05) is 26.6 Å². The first-order valence-electron chi connectivity index (χ1n) is 8.47. The topological polar surface area (TPSA) is 77.7 Å². The van der Waals surface area contributed by atoms with E-state index < -0.39 is 0 Å². The van der Waals surface area contributed by atoms with Crippen LogP contribution in [0.1, 0.15) is 49.7 Å². The van der Waals surface area contributed by atoms with Crippen molar-refractivity contribution in [1.82, 2.24) is 15.0 Å². The van der Waals surface area contributed by atoms with Crippen LogP contribution in [0.3, 0.4) is 0 Å². The van der Waals surface area contributed by atoms with Gasteiger partial charge in [0.15, 0.2) is 5.82 Å². The van der Waals surface area contributed by atoms with Crippen LogP contribution >= 0.6 is 0 Å². The summed E-state index contributed by atoms with van der Waals surface area (Å²) >= 11 is 0. The van der Waals surface area contributed by atoms with Gasteiger partial charge in [-0.25, -0.2) is 0 Å². The second kappa shape index (κ2) is 7.88. The molecule has 0 aromatic carbocycles. The van der Waals surface area contributed by atoms with Crippen LogP contribution < -0.4 is 0 Å². The third-order valence-electron chi connectivity index (χ3n) is 4.57. The first-order valence-corrected chi connectivity index (χ1v) is 8.47. The van der Waals surface area contributed by atoms with E-state index >= 15 is 0 Å². The fourth-order valence-corrected chi connectivity index (χ4v) is 3.09. The lowest BCUT2D eigenvalue weighted by Crippen LogP contribution is -2.48. The summed E-state index contributed by atoms with van der Waals surface area (Å²) in [7, 11) is 1.60. The summed E-state index contributed by atoms with van der Waals surface area (Å²) in [5.41, 5.74) is 0. The zero-order valence-electron chi connectivity index (χ0n) is 13.7. The quantitative estimate of drug-likeness (QED) is 0.722. The van der Waals surface area contributed by atoms with Crippen LogP contribution in [-0.4, -0.2) is 60.5 Å². The average molecular weight is 323 g/mol. The highest BCUT2D eigenvalue weighted by Gasteiger charge is 2.35. The summed E-state index contributed by atoms with van der Waals surface area (Å²) in [4.78, 5) is 18.0. The Kier molecular flexibility index (Phi) is 5.61. The molecule has 2 aliphatic rings. The van der Waals surface area contributed by atoms with Gasteiger partial charge in [-0.15, -0.1) is 0 Å². The zero-order valence-corrected chi connectivity index (χ0v) is 13.7. The van der Waals surface area contributed by atoms with Crippen LogP contribution in [0.15, 0.2) is 4.52 Å². The highest BCUT2D eigenvalue weighted by atomic mass is 16.5. The van der Waals surface area contributed by atoms with Gasteiger partial charge in [-0.2, -0.15) is 4.98 Å². The molecule has 1 aromatic rings. The molecule has 2 fully saturated rings. The molecule has 0 spiro atoms. The van der Waals surface area contributed by atoms with Gasteiger partial charge < -0.3 is 18.9 Å². The Morgan fingerprint density at radius 2 is 2.09 bits per heavy atom. The second-order valence-electron chi connectivity index (χ2n) is 6.31. The van der Waals surface area contributed by atoms with Gasteiger partial charge in [-0.3, -0.25) is 4.79 Å². The minimum absolute atomic E-state index is 0.118. The summed E-state index contributed by atoms with van der Waals surface area (Å²) in [6.07, 6.45) is 6.43. The van der Waals surface area contributed by atoms with Crippen molar-refractivity contribution in [3.05, 3.63) is 11.7 Å². The van der Waals surface area contributed by atoms with Crippen LogP contribution in [0.25, 0.3) is 0 Å². The van der Waals surface area contributed by atoms with E-state index in [1.165, 1.54) is 25.7 Å². The van der Waals surface area contributed by atoms with E-state index in [-0.39, 0.29) is 11.8 Å². The van der Waals surface area contributed by atoms with Gasteiger partial charge in [0.2, 0.25) is 11.8 Å². The van der Waals surface area contributed by atoms with Crippen LogP contribution in [0.2, 0.25) is 0 Å². The second-order valence-corrected chi connectivity index (χ2v) is 6.31. The van der Waals surface area contributed by atoms with Gasteiger partial charge in [0.05, 0.1) is 31.7 Å². The summed E-state index contributed by atoms with van der Waals surface area (Å²) in [6.45, 7) is 2.42. The van der Waals surface area contributed by atoms with E-state index in [2.05, 4.69) is 10.1 Å². The summed E-state index contributed by atoms with van der Waals surface area (Å²) in [5, 5.41) is 4.01. The average Bonchev–Trinajstić information content (AvgIpc) is 3.16. The maximum Gasteiger partial charge on any atom is 0.233 e. The molecule has 1 aliphatic carbocycles. The molecule has 7 heteroatoms. The van der Waals surface area contributed by atoms with Crippen LogP contribution in [0, 0.1) is 0 Å². The summed E-state index contributed by atoms with van der Waals surface area (Å²) < 4.78 is 16.1. The summed E-state index contributed by atoms with van der Waals surface area (Å²) in [5.74, 6) is 1.62. The van der Waals surface area contributed by atoms with Gasteiger partial charge in [0.1, 0.15) is 0 Å². The lowest BCUT2D eigenvalue weighted by molar-refractivity contribution is -0.136. The Bertz CT molecular complexity index is 507. The van der Waals surface area contributed by atoms with E-state index in [1.807, 2.05) is 0 Å². The number of hydrogen-bond acceptors (Lipinski definition) is 6. The number of carbonyl (C=O) groups is 1. The third-order valence-corrected chi connectivity index (χ3v) is 4.57. The first kappa shape index (κ1) is 16.4. The van der Waals surface area contributed by atoms with E-state index in [4.69, 9.17) is 14.0 Å². The van der Waals surface area contributed by atoms with E-state index in [1.54, 1.807) is 12.0 Å². The Balaban J connectivity index is 1.37. The normalized spacial score (nSPS) is 19.3. The van der Waals surface area contributed by atoms with Crippen molar-refractivity contribution < 1.29 is 18.8 Å². The molecule has 3 rings (SSSR count). The van der Waals surface area contributed by atoms with E-state index in [0.29, 0.717) is 57.0 Å². The maximum absolute atomic E-state index is 11.8. The Labute approximate surface area is 136 Å². The van der Waals surface area contributed by atoms with Crippen molar-refractivity contribution >= 4 is 5.91 Å². The number of methoxy groups -OCH3 is 1. The van der Waals surface area contributed by atoms with Crippen molar-refractivity contribution in [2.24, 2.45) is 0 Å². The Morgan fingerprint density at radius 1 is 1.30 bits per heavy atom. The van der Waals surface area contributed by atoms with Crippen LogP contribution in [0.5, 0.6) is 0 Å². The molecule has 0 radical (unpaired) electrons. The van der Waals surface area contributed by atoms with Crippen LogP contribution in [0.4, 0.5) is 0 Å². The Morgan fingerprint density at radius 3 is 2.83 bits per heavy atom. The van der Waals surface area contributed by atoms with Gasteiger partial charge in [-0.1, -0.05) is 18.0 Å². The molecule has 0 N–H and O–H groups in total. The number of carbonyl (C=O) groups excluding carboxylic acids is 1. The molecule has 1 amide bonds. The maximum atomic E-state index is 11.8. The van der Waals surface area contributed by atoms with E-state index in [0.717, 1.165) is 0 Å². The third kappa shape index (κ3) is 4.29. The van der Waals surface area contributed by atoms with Gasteiger partial charge in [0.25, 0.3) is 0 Å². The predicted octanol–water partition coefficient (Wildman–Crippen LogP) is 1.53.